The van der Waals surface area contributed by atoms with E-state index in [-0.39, 0.29) is 6.03 Å². The molecule has 20 heavy (non-hydrogen) atoms. The average Bonchev–Trinajstić information content (AvgIpc) is 2.89. The first-order chi connectivity index (χ1) is 9.51. The summed E-state index contributed by atoms with van der Waals surface area (Å²) < 4.78 is 0. The number of nitrogens with zero attached hydrogens (tertiary/aromatic N) is 2. The van der Waals surface area contributed by atoms with Crippen LogP contribution in [-0.4, -0.2) is 54.1 Å². The Balaban J connectivity index is 2.44. The maximum atomic E-state index is 12.4. The molecule has 0 bridgehead atoms. The largest absolute Gasteiger partial charge is 0.334 e. The fraction of sp³-hybridized carbons (Fsp3) is 0.938. The van der Waals surface area contributed by atoms with E-state index in [0.29, 0.717) is 18.0 Å². The van der Waals surface area contributed by atoms with E-state index in [1.807, 2.05) is 4.90 Å². The lowest BCUT2D eigenvalue weighted by Crippen LogP contribution is -2.47. The number of nitrogens with one attached hydrogen (secondary N) is 1. The second kappa shape index (κ2) is 8.50. The van der Waals surface area contributed by atoms with E-state index >= 15 is 0 Å². The Morgan fingerprint density at radius 1 is 1.30 bits per heavy atom. The van der Waals surface area contributed by atoms with Gasteiger partial charge in [-0.1, -0.05) is 26.7 Å². The molecule has 1 heterocycles. The van der Waals surface area contributed by atoms with Crippen molar-refractivity contribution >= 4 is 6.03 Å². The Labute approximate surface area is 124 Å². The van der Waals surface area contributed by atoms with Gasteiger partial charge in [-0.15, -0.1) is 0 Å². The first-order valence-electron chi connectivity index (χ1n) is 8.31. The summed E-state index contributed by atoms with van der Waals surface area (Å²) in [6.45, 7) is 14.7. The molecular weight excluding hydrogens is 250 g/mol. The highest BCUT2D eigenvalue weighted by atomic mass is 16.2. The van der Waals surface area contributed by atoms with Crippen LogP contribution in [0.2, 0.25) is 0 Å². The maximum absolute atomic E-state index is 12.4. The zero-order valence-corrected chi connectivity index (χ0v) is 14.0. The summed E-state index contributed by atoms with van der Waals surface area (Å²) in [4.78, 5) is 16.8. The Hall–Kier alpha value is -0.770. The van der Waals surface area contributed by atoms with Crippen LogP contribution < -0.4 is 5.32 Å². The van der Waals surface area contributed by atoms with E-state index in [0.717, 1.165) is 45.4 Å². The van der Waals surface area contributed by atoms with Crippen molar-refractivity contribution in [2.24, 2.45) is 5.92 Å². The van der Waals surface area contributed by atoms with Gasteiger partial charge in [0.25, 0.3) is 0 Å². The molecule has 4 heteroatoms. The van der Waals surface area contributed by atoms with Crippen LogP contribution in [0.1, 0.15) is 53.9 Å². The molecule has 0 spiro atoms. The molecule has 0 aromatic carbocycles. The van der Waals surface area contributed by atoms with Gasteiger partial charge in [0, 0.05) is 38.3 Å². The molecular formula is C16H33N3O. The SMILES string of the molecule is CCC(CC)CN(CC)C(=O)NC1CCN(C(C)C)C1. The van der Waals surface area contributed by atoms with Crippen LogP contribution in [0.15, 0.2) is 0 Å². The third-order valence-corrected chi connectivity index (χ3v) is 4.58. The van der Waals surface area contributed by atoms with Crippen molar-refractivity contribution in [2.45, 2.75) is 66.0 Å². The molecule has 0 aromatic rings. The van der Waals surface area contributed by atoms with Crippen molar-refractivity contribution in [2.75, 3.05) is 26.2 Å². The fourth-order valence-corrected chi connectivity index (χ4v) is 2.85. The Morgan fingerprint density at radius 2 is 1.95 bits per heavy atom. The molecule has 1 aliphatic rings. The predicted octanol–water partition coefficient (Wildman–Crippen LogP) is 2.94. The van der Waals surface area contributed by atoms with E-state index in [4.69, 9.17) is 0 Å². The molecule has 1 fully saturated rings. The van der Waals surface area contributed by atoms with Crippen molar-refractivity contribution in [1.29, 1.82) is 0 Å². The van der Waals surface area contributed by atoms with Gasteiger partial charge in [-0.05, 0) is 33.1 Å². The average molecular weight is 283 g/mol. The molecule has 2 amide bonds. The summed E-state index contributed by atoms with van der Waals surface area (Å²) in [5, 5.41) is 3.21. The monoisotopic (exact) mass is 283 g/mol. The van der Waals surface area contributed by atoms with Gasteiger partial charge in [-0.2, -0.15) is 0 Å². The number of amides is 2. The van der Waals surface area contributed by atoms with Gasteiger partial charge in [0.15, 0.2) is 0 Å². The van der Waals surface area contributed by atoms with Gasteiger partial charge in [0.2, 0.25) is 0 Å². The van der Waals surface area contributed by atoms with Crippen LogP contribution in [0.4, 0.5) is 4.79 Å². The van der Waals surface area contributed by atoms with Gasteiger partial charge in [0.1, 0.15) is 0 Å². The van der Waals surface area contributed by atoms with E-state index < -0.39 is 0 Å². The van der Waals surface area contributed by atoms with Gasteiger partial charge in [-0.25, -0.2) is 4.79 Å². The number of carbonyl (C=O) groups is 1. The number of urea groups is 1. The summed E-state index contributed by atoms with van der Waals surface area (Å²) in [5.41, 5.74) is 0. The van der Waals surface area contributed by atoms with Crippen LogP contribution in [0.3, 0.4) is 0 Å². The molecule has 0 aromatic heterocycles. The van der Waals surface area contributed by atoms with Gasteiger partial charge in [0.05, 0.1) is 0 Å². The lowest BCUT2D eigenvalue weighted by Gasteiger charge is -2.27. The van der Waals surface area contributed by atoms with Gasteiger partial charge >= 0.3 is 6.03 Å². The normalized spacial score (nSPS) is 19.9. The van der Waals surface area contributed by atoms with Crippen LogP contribution in [0, 0.1) is 5.92 Å². The Bertz CT molecular complexity index is 289. The minimum absolute atomic E-state index is 0.120. The lowest BCUT2D eigenvalue weighted by atomic mass is 10.0. The molecule has 1 rings (SSSR count). The molecule has 0 aliphatic carbocycles. The molecule has 118 valence electrons. The zero-order valence-electron chi connectivity index (χ0n) is 14.0. The van der Waals surface area contributed by atoms with Gasteiger partial charge < -0.3 is 10.2 Å². The number of hydrogen-bond donors (Lipinski definition) is 1. The van der Waals surface area contributed by atoms with Crippen molar-refractivity contribution in [1.82, 2.24) is 15.1 Å². The number of hydrogen-bond acceptors (Lipinski definition) is 2. The number of carbonyl (C=O) groups excluding carboxylic acids is 1. The summed E-state index contributed by atoms with van der Waals surface area (Å²) in [6, 6.07) is 1.01. The highest BCUT2D eigenvalue weighted by Crippen LogP contribution is 2.14. The van der Waals surface area contributed by atoms with Crippen LogP contribution in [0.25, 0.3) is 0 Å². The Kier molecular flexibility index (Phi) is 7.35. The quantitative estimate of drug-likeness (QED) is 0.780. The highest BCUT2D eigenvalue weighted by molar-refractivity contribution is 5.74. The topological polar surface area (TPSA) is 35.6 Å². The Morgan fingerprint density at radius 3 is 2.40 bits per heavy atom. The van der Waals surface area contributed by atoms with Gasteiger partial charge in [-0.3, -0.25) is 4.90 Å². The summed E-state index contributed by atoms with van der Waals surface area (Å²) >= 11 is 0. The fourth-order valence-electron chi connectivity index (χ4n) is 2.85. The summed E-state index contributed by atoms with van der Waals surface area (Å²) in [6.07, 6.45) is 3.36. The van der Waals surface area contributed by atoms with Crippen molar-refractivity contribution in [3.05, 3.63) is 0 Å². The minimum Gasteiger partial charge on any atom is -0.334 e. The first-order valence-corrected chi connectivity index (χ1v) is 8.31. The second-order valence-corrected chi connectivity index (χ2v) is 6.24. The maximum Gasteiger partial charge on any atom is 0.317 e. The van der Waals surface area contributed by atoms with Crippen LogP contribution >= 0.6 is 0 Å². The van der Waals surface area contributed by atoms with Crippen LogP contribution in [0.5, 0.6) is 0 Å². The minimum atomic E-state index is 0.120. The first kappa shape index (κ1) is 17.3. The van der Waals surface area contributed by atoms with Crippen molar-refractivity contribution in [3.8, 4) is 0 Å². The number of likely N-dealkylation sites (tertiary alicyclic amines) is 1. The third kappa shape index (κ3) is 4.97. The molecule has 1 N–H and O–H groups in total. The van der Waals surface area contributed by atoms with Crippen molar-refractivity contribution in [3.63, 3.8) is 0 Å². The third-order valence-electron chi connectivity index (χ3n) is 4.58. The van der Waals surface area contributed by atoms with Crippen LogP contribution in [-0.2, 0) is 0 Å². The molecule has 1 saturated heterocycles. The molecule has 0 saturated carbocycles. The lowest BCUT2D eigenvalue weighted by molar-refractivity contribution is 0.184. The van der Waals surface area contributed by atoms with Crippen molar-refractivity contribution < 1.29 is 4.79 Å². The smallest absolute Gasteiger partial charge is 0.317 e. The van der Waals surface area contributed by atoms with E-state index in [1.54, 1.807) is 0 Å². The highest BCUT2D eigenvalue weighted by Gasteiger charge is 2.26. The molecule has 1 unspecified atom stereocenters. The van der Waals surface area contributed by atoms with E-state index in [2.05, 4.69) is 44.8 Å². The van der Waals surface area contributed by atoms with E-state index in [9.17, 15) is 4.79 Å². The predicted molar refractivity (Wildman–Crippen MR) is 85.0 cm³/mol. The zero-order chi connectivity index (χ0) is 15.1. The summed E-state index contributed by atoms with van der Waals surface area (Å²) in [7, 11) is 0. The molecule has 4 nitrogen and oxygen atoms in total. The molecule has 0 radical (unpaired) electrons. The summed E-state index contributed by atoms with van der Waals surface area (Å²) in [5.74, 6) is 0.622. The second-order valence-electron chi connectivity index (χ2n) is 6.24. The van der Waals surface area contributed by atoms with E-state index in [1.165, 1.54) is 0 Å². The molecule has 1 atom stereocenters. The standard InChI is InChI=1S/C16H33N3O/c1-6-14(7-2)11-18(8-3)16(20)17-15-9-10-19(12-15)13(4)5/h13-15H,6-12H2,1-5H3,(H,17,20). The number of rotatable bonds is 7. The molecule has 1 aliphatic heterocycles.